The third-order valence-electron chi connectivity index (χ3n) is 3.91. The van der Waals surface area contributed by atoms with Crippen LogP contribution in [-0.2, 0) is 14.8 Å². The van der Waals surface area contributed by atoms with Crippen LogP contribution in [0.15, 0.2) is 0 Å². The van der Waals surface area contributed by atoms with E-state index in [1.807, 2.05) is 0 Å². The molecule has 132 valence electrons. The van der Waals surface area contributed by atoms with Gasteiger partial charge in [-0.3, -0.25) is 4.79 Å². The van der Waals surface area contributed by atoms with Crippen LogP contribution >= 0.6 is 0 Å². The lowest BCUT2D eigenvalue weighted by Crippen LogP contribution is -2.51. The highest BCUT2D eigenvalue weighted by Crippen LogP contribution is 2.18. The molecule has 0 aliphatic carbocycles. The van der Waals surface area contributed by atoms with E-state index in [0.717, 1.165) is 25.5 Å². The fourth-order valence-corrected chi connectivity index (χ4v) is 3.58. The maximum atomic E-state index is 11.3. The SMILES string of the molecule is CCCCCCCCCCCCC(C)(NS(C)(=O)=O)C(=O)O. The average molecular weight is 336 g/mol. The molecule has 0 amide bonds. The molecule has 0 saturated carbocycles. The molecular formula is C16H33NO4S. The second kappa shape index (κ2) is 11.0. The summed E-state index contributed by atoms with van der Waals surface area (Å²) in [6, 6.07) is 0. The lowest BCUT2D eigenvalue weighted by Gasteiger charge is -2.25. The van der Waals surface area contributed by atoms with Crippen LogP contribution < -0.4 is 4.72 Å². The maximum absolute atomic E-state index is 11.3. The van der Waals surface area contributed by atoms with Crippen molar-refractivity contribution in [3.63, 3.8) is 0 Å². The Hall–Kier alpha value is -0.620. The number of hydrogen-bond donors (Lipinski definition) is 2. The molecule has 0 aliphatic rings. The molecule has 0 aromatic heterocycles. The van der Waals surface area contributed by atoms with Gasteiger partial charge in [-0.25, -0.2) is 8.42 Å². The minimum absolute atomic E-state index is 0.325. The predicted molar refractivity (Wildman–Crippen MR) is 90.5 cm³/mol. The number of hydrogen-bond acceptors (Lipinski definition) is 3. The number of nitrogens with one attached hydrogen (secondary N) is 1. The molecule has 5 nitrogen and oxygen atoms in total. The van der Waals surface area contributed by atoms with Crippen molar-refractivity contribution in [2.24, 2.45) is 0 Å². The van der Waals surface area contributed by atoms with Crippen LogP contribution in [0.5, 0.6) is 0 Å². The smallest absolute Gasteiger partial charge is 0.324 e. The molecule has 1 atom stereocenters. The van der Waals surface area contributed by atoms with Crippen LogP contribution in [0.1, 0.15) is 84.5 Å². The molecule has 0 saturated heterocycles. The summed E-state index contributed by atoms with van der Waals surface area (Å²) < 4.78 is 24.8. The van der Waals surface area contributed by atoms with Crippen LogP contribution in [0.2, 0.25) is 0 Å². The van der Waals surface area contributed by atoms with Gasteiger partial charge in [-0.1, -0.05) is 71.1 Å². The number of sulfonamides is 1. The third-order valence-corrected chi connectivity index (χ3v) is 4.73. The number of carboxylic acids is 1. The lowest BCUT2D eigenvalue weighted by atomic mass is 9.95. The van der Waals surface area contributed by atoms with Gasteiger partial charge in [0.15, 0.2) is 0 Å². The van der Waals surface area contributed by atoms with E-state index in [2.05, 4.69) is 11.6 Å². The van der Waals surface area contributed by atoms with E-state index in [0.29, 0.717) is 6.42 Å². The molecule has 2 N–H and O–H groups in total. The second-order valence-electron chi connectivity index (χ2n) is 6.44. The van der Waals surface area contributed by atoms with E-state index in [1.54, 1.807) is 0 Å². The minimum atomic E-state index is -3.52. The Morgan fingerprint density at radius 1 is 0.955 bits per heavy atom. The van der Waals surface area contributed by atoms with E-state index >= 15 is 0 Å². The van der Waals surface area contributed by atoms with Gasteiger partial charge in [-0.05, 0) is 13.3 Å². The molecule has 0 radical (unpaired) electrons. The molecule has 6 heteroatoms. The highest BCUT2D eigenvalue weighted by Gasteiger charge is 2.35. The molecule has 0 fully saturated rings. The average Bonchev–Trinajstić information content (AvgIpc) is 2.38. The molecule has 0 rings (SSSR count). The molecule has 0 aliphatic heterocycles. The predicted octanol–water partition coefficient (Wildman–Crippen LogP) is 3.69. The largest absolute Gasteiger partial charge is 0.480 e. The van der Waals surface area contributed by atoms with E-state index in [-0.39, 0.29) is 0 Å². The van der Waals surface area contributed by atoms with E-state index < -0.39 is 21.5 Å². The first-order valence-electron chi connectivity index (χ1n) is 8.43. The molecule has 0 aromatic carbocycles. The van der Waals surface area contributed by atoms with Crippen molar-refractivity contribution in [2.45, 2.75) is 90.0 Å². The first-order valence-corrected chi connectivity index (χ1v) is 10.3. The van der Waals surface area contributed by atoms with Crippen LogP contribution in [0.4, 0.5) is 0 Å². The fraction of sp³-hybridized carbons (Fsp3) is 0.938. The zero-order valence-corrected chi connectivity index (χ0v) is 15.2. The first kappa shape index (κ1) is 21.4. The van der Waals surface area contributed by atoms with Gasteiger partial charge in [0, 0.05) is 0 Å². The molecular weight excluding hydrogens is 302 g/mol. The summed E-state index contributed by atoms with van der Waals surface area (Å²) in [5, 5.41) is 9.21. The third kappa shape index (κ3) is 11.0. The summed E-state index contributed by atoms with van der Waals surface area (Å²) in [6.45, 7) is 3.65. The Kier molecular flexibility index (Phi) is 10.7. The van der Waals surface area contributed by atoms with Crippen molar-refractivity contribution < 1.29 is 18.3 Å². The highest BCUT2D eigenvalue weighted by atomic mass is 32.2. The van der Waals surface area contributed by atoms with Crippen molar-refractivity contribution in [1.82, 2.24) is 4.72 Å². The van der Waals surface area contributed by atoms with E-state index in [9.17, 15) is 18.3 Å². The Morgan fingerprint density at radius 2 is 1.36 bits per heavy atom. The molecule has 0 bridgehead atoms. The van der Waals surface area contributed by atoms with Gasteiger partial charge < -0.3 is 5.11 Å². The quantitative estimate of drug-likeness (QED) is 0.474. The van der Waals surface area contributed by atoms with Crippen LogP contribution in [0.25, 0.3) is 0 Å². The van der Waals surface area contributed by atoms with Gasteiger partial charge >= 0.3 is 5.97 Å². The summed E-state index contributed by atoms with van der Waals surface area (Å²) in [4.78, 5) is 11.3. The molecule has 0 aromatic rings. The normalized spacial score (nSPS) is 14.7. The Morgan fingerprint density at radius 3 is 1.73 bits per heavy atom. The minimum Gasteiger partial charge on any atom is -0.480 e. The highest BCUT2D eigenvalue weighted by molar-refractivity contribution is 7.88. The Labute approximate surface area is 135 Å². The number of aliphatic carboxylic acids is 1. The van der Waals surface area contributed by atoms with Gasteiger partial charge in [0.2, 0.25) is 10.0 Å². The molecule has 0 spiro atoms. The number of rotatable bonds is 14. The maximum Gasteiger partial charge on any atom is 0.324 e. The molecule has 1 unspecified atom stereocenters. The van der Waals surface area contributed by atoms with E-state index in [1.165, 1.54) is 51.9 Å². The number of unbranched alkanes of at least 4 members (excludes halogenated alkanes) is 9. The summed E-state index contributed by atoms with van der Waals surface area (Å²) in [7, 11) is -3.52. The van der Waals surface area contributed by atoms with Crippen LogP contribution in [0, 0.1) is 0 Å². The summed E-state index contributed by atoms with van der Waals surface area (Å²) in [5.74, 6) is -1.12. The molecule has 0 heterocycles. The zero-order chi connectivity index (χ0) is 17.1. The van der Waals surface area contributed by atoms with Gasteiger partial charge in [0.1, 0.15) is 5.54 Å². The summed E-state index contributed by atoms with van der Waals surface area (Å²) in [6.07, 6.45) is 13.0. The fourth-order valence-electron chi connectivity index (χ4n) is 2.58. The van der Waals surface area contributed by atoms with Gasteiger partial charge in [0.25, 0.3) is 0 Å². The Balaban J connectivity index is 3.81. The first-order chi connectivity index (χ1) is 10.2. The molecule has 22 heavy (non-hydrogen) atoms. The number of carbonyl (C=O) groups is 1. The van der Waals surface area contributed by atoms with Gasteiger partial charge in [-0.15, -0.1) is 0 Å². The van der Waals surface area contributed by atoms with Crippen molar-refractivity contribution >= 4 is 16.0 Å². The summed E-state index contributed by atoms with van der Waals surface area (Å²) in [5.41, 5.74) is -1.40. The standard InChI is InChI=1S/C16H33NO4S/c1-4-5-6-7-8-9-10-11-12-13-14-16(2,15(18)19)17-22(3,20)21/h17H,4-14H2,1-3H3,(H,18,19). The van der Waals surface area contributed by atoms with Crippen molar-refractivity contribution in [2.75, 3.05) is 6.26 Å². The number of carboxylic acid groups (broad SMARTS) is 1. The Bertz CT molecular complexity index is 408. The topological polar surface area (TPSA) is 83.5 Å². The monoisotopic (exact) mass is 335 g/mol. The van der Waals surface area contributed by atoms with Crippen molar-refractivity contribution in [3.8, 4) is 0 Å². The van der Waals surface area contributed by atoms with Crippen LogP contribution in [-0.4, -0.2) is 31.3 Å². The second-order valence-corrected chi connectivity index (χ2v) is 8.19. The van der Waals surface area contributed by atoms with E-state index in [4.69, 9.17) is 0 Å². The lowest BCUT2D eigenvalue weighted by molar-refractivity contribution is -0.143. The van der Waals surface area contributed by atoms with Crippen LogP contribution in [0.3, 0.4) is 0 Å². The van der Waals surface area contributed by atoms with Crippen molar-refractivity contribution in [3.05, 3.63) is 0 Å². The van der Waals surface area contributed by atoms with Crippen molar-refractivity contribution in [1.29, 1.82) is 0 Å². The summed E-state index contributed by atoms with van der Waals surface area (Å²) >= 11 is 0. The van der Waals surface area contributed by atoms with Gasteiger partial charge in [0.05, 0.1) is 6.26 Å². The van der Waals surface area contributed by atoms with Gasteiger partial charge in [-0.2, -0.15) is 4.72 Å². The zero-order valence-electron chi connectivity index (χ0n) is 14.4.